The van der Waals surface area contributed by atoms with Gasteiger partial charge in [0.05, 0.1) is 26.9 Å². The number of hydrogen-bond acceptors (Lipinski definition) is 5. The van der Waals surface area contributed by atoms with Crippen molar-refractivity contribution >= 4 is 11.6 Å². The van der Waals surface area contributed by atoms with E-state index in [2.05, 4.69) is 39.6 Å². The van der Waals surface area contributed by atoms with E-state index in [1.165, 1.54) is 12.1 Å². The minimum Gasteiger partial charge on any atom is -0.497 e. The normalized spacial score (nSPS) is 16.9. The smallest absolute Gasteiger partial charge is 0.191 e. The molecule has 7 heteroatoms. The summed E-state index contributed by atoms with van der Waals surface area (Å²) < 4.78 is 16.4. The lowest BCUT2D eigenvalue weighted by Crippen LogP contribution is -2.41. The van der Waals surface area contributed by atoms with Gasteiger partial charge in [-0.3, -0.25) is 4.99 Å². The van der Waals surface area contributed by atoms with Crippen LogP contribution in [0, 0.1) is 5.92 Å². The number of anilines is 1. The second-order valence-electron chi connectivity index (χ2n) is 7.26. The van der Waals surface area contributed by atoms with Crippen LogP contribution in [0.25, 0.3) is 0 Å². The average molecular weight is 407 g/mol. The number of methoxy groups -OCH3 is 1. The molecule has 1 atom stereocenters. The molecule has 1 aliphatic heterocycles. The van der Waals surface area contributed by atoms with Crippen LogP contribution in [0.2, 0.25) is 0 Å². The molecule has 29 heavy (non-hydrogen) atoms. The van der Waals surface area contributed by atoms with Gasteiger partial charge in [-0.15, -0.1) is 0 Å². The summed E-state index contributed by atoms with van der Waals surface area (Å²) in [5.41, 5.74) is 1.23. The minimum absolute atomic E-state index is 0.594. The molecule has 1 saturated heterocycles. The van der Waals surface area contributed by atoms with E-state index in [9.17, 15) is 0 Å². The van der Waals surface area contributed by atoms with Gasteiger partial charge in [0.15, 0.2) is 5.96 Å². The van der Waals surface area contributed by atoms with Crippen LogP contribution >= 0.6 is 0 Å². The Hall–Kier alpha value is -1.99. The Labute approximate surface area is 175 Å². The van der Waals surface area contributed by atoms with Gasteiger partial charge in [0, 0.05) is 51.6 Å². The third kappa shape index (κ3) is 8.92. The van der Waals surface area contributed by atoms with Gasteiger partial charge >= 0.3 is 0 Å². The van der Waals surface area contributed by atoms with Crippen LogP contribution in [-0.4, -0.2) is 72.7 Å². The topological polar surface area (TPSA) is 67.4 Å². The fraction of sp³-hybridized carbons (Fsp3) is 0.682. The predicted octanol–water partition coefficient (Wildman–Crippen LogP) is 2.52. The molecule has 7 nitrogen and oxygen atoms in total. The summed E-state index contributed by atoms with van der Waals surface area (Å²) in [5, 5.41) is 6.74. The van der Waals surface area contributed by atoms with Crippen LogP contribution in [0.4, 0.5) is 5.69 Å². The number of ether oxygens (including phenoxy) is 3. The summed E-state index contributed by atoms with van der Waals surface area (Å²) in [5.74, 6) is 2.33. The molecule has 0 amide bonds. The van der Waals surface area contributed by atoms with Crippen molar-refractivity contribution in [3.8, 4) is 5.75 Å². The maximum absolute atomic E-state index is 5.58. The van der Waals surface area contributed by atoms with E-state index in [-0.39, 0.29) is 0 Å². The van der Waals surface area contributed by atoms with Crippen LogP contribution in [0.15, 0.2) is 29.3 Å². The number of nitrogens with zero attached hydrogens (tertiary/aromatic N) is 2. The van der Waals surface area contributed by atoms with Crippen molar-refractivity contribution in [2.45, 2.75) is 26.2 Å². The molecule has 0 aromatic heterocycles. The van der Waals surface area contributed by atoms with Crippen molar-refractivity contribution in [3.05, 3.63) is 24.3 Å². The molecular formula is C22H38N4O3. The van der Waals surface area contributed by atoms with Crippen LogP contribution in [0.5, 0.6) is 5.75 Å². The number of guanidine groups is 1. The van der Waals surface area contributed by atoms with Gasteiger partial charge in [0.25, 0.3) is 0 Å². The summed E-state index contributed by atoms with van der Waals surface area (Å²) in [6, 6.07) is 8.28. The van der Waals surface area contributed by atoms with Crippen molar-refractivity contribution in [3.63, 3.8) is 0 Å². The molecule has 0 saturated carbocycles. The molecule has 0 radical (unpaired) electrons. The first kappa shape index (κ1) is 23.3. The van der Waals surface area contributed by atoms with Crippen LogP contribution in [0.3, 0.4) is 0 Å². The number of nitrogens with one attached hydrogen (secondary N) is 2. The number of aliphatic imine (C=N–C) groups is 1. The molecule has 0 spiro atoms. The zero-order valence-corrected chi connectivity index (χ0v) is 18.3. The van der Waals surface area contributed by atoms with E-state index in [4.69, 9.17) is 14.2 Å². The van der Waals surface area contributed by atoms with E-state index >= 15 is 0 Å². The van der Waals surface area contributed by atoms with E-state index in [1.807, 2.05) is 12.1 Å². The van der Waals surface area contributed by atoms with Crippen LogP contribution in [-0.2, 0) is 9.47 Å². The predicted molar refractivity (Wildman–Crippen MR) is 119 cm³/mol. The molecule has 1 heterocycles. The Morgan fingerprint density at radius 3 is 2.76 bits per heavy atom. The first-order valence-corrected chi connectivity index (χ1v) is 10.8. The average Bonchev–Trinajstić information content (AvgIpc) is 3.24. The zero-order chi connectivity index (χ0) is 20.7. The molecular weight excluding hydrogens is 368 g/mol. The van der Waals surface area contributed by atoms with Crippen molar-refractivity contribution < 1.29 is 14.2 Å². The summed E-state index contributed by atoms with van der Waals surface area (Å²) in [7, 11) is 3.51. The van der Waals surface area contributed by atoms with Crippen LogP contribution < -0.4 is 20.3 Å². The Balaban J connectivity index is 1.57. The van der Waals surface area contributed by atoms with Gasteiger partial charge in [-0.1, -0.05) is 19.4 Å². The fourth-order valence-electron chi connectivity index (χ4n) is 3.31. The minimum atomic E-state index is 0.594. The second-order valence-corrected chi connectivity index (χ2v) is 7.26. The first-order valence-electron chi connectivity index (χ1n) is 10.8. The molecule has 0 bridgehead atoms. The Bertz CT molecular complexity index is 597. The quantitative estimate of drug-likeness (QED) is 0.298. The van der Waals surface area contributed by atoms with Crippen LogP contribution in [0.1, 0.15) is 26.2 Å². The van der Waals surface area contributed by atoms with E-state index in [1.54, 1.807) is 14.2 Å². The van der Waals surface area contributed by atoms with E-state index < -0.39 is 0 Å². The highest BCUT2D eigenvalue weighted by Gasteiger charge is 2.23. The molecule has 1 aromatic rings. The Kier molecular flexibility index (Phi) is 11.3. The number of unbranched alkanes of at least 4 members (excludes halogenated alkanes) is 1. The summed E-state index contributed by atoms with van der Waals surface area (Å²) in [6.45, 7) is 8.68. The Morgan fingerprint density at radius 1 is 1.17 bits per heavy atom. The number of rotatable bonds is 13. The third-order valence-electron chi connectivity index (χ3n) is 5.04. The van der Waals surface area contributed by atoms with Crippen molar-refractivity contribution in [2.24, 2.45) is 10.9 Å². The molecule has 164 valence electrons. The summed E-state index contributed by atoms with van der Waals surface area (Å²) in [6.07, 6.45) is 3.45. The highest BCUT2D eigenvalue weighted by molar-refractivity contribution is 5.79. The maximum atomic E-state index is 5.58. The monoisotopic (exact) mass is 406 g/mol. The van der Waals surface area contributed by atoms with Crippen molar-refractivity contribution in [1.82, 2.24) is 10.6 Å². The molecule has 1 aromatic carbocycles. The van der Waals surface area contributed by atoms with Gasteiger partial charge in [-0.05, 0) is 30.9 Å². The van der Waals surface area contributed by atoms with E-state index in [0.29, 0.717) is 25.7 Å². The lowest BCUT2D eigenvalue weighted by Gasteiger charge is -2.20. The molecule has 1 unspecified atom stereocenters. The first-order chi connectivity index (χ1) is 14.3. The molecule has 1 fully saturated rings. The van der Waals surface area contributed by atoms with Gasteiger partial charge in [-0.2, -0.15) is 0 Å². The molecule has 2 N–H and O–H groups in total. The van der Waals surface area contributed by atoms with Crippen molar-refractivity contribution in [1.29, 1.82) is 0 Å². The highest BCUT2D eigenvalue weighted by Crippen LogP contribution is 2.26. The standard InChI is InChI=1S/C22H38N4O3/c1-4-5-12-28-14-15-29-13-10-24-22(23-2)25-17-19-9-11-26(18-19)20-7-6-8-21(16-20)27-3/h6-8,16,19H,4-5,9-15,17-18H2,1-3H3,(H2,23,24,25). The molecule has 0 aliphatic carbocycles. The van der Waals surface area contributed by atoms with Gasteiger partial charge in [0.1, 0.15) is 5.75 Å². The Morgan fingerprint density at radius 2 is 2.00 bits per heavy atom. The van der Waals surface area contributed by atoms with Gasteiger partial charge < -0.3 is 29.7 Å². The number of hydrogen-bond donors (Lipinski definition) is 2. The third-order valence-corrected chi connectivity index (χ3v) is 5.04. The molecule has 1 aliphatic rings. The zero-order valence-electron chi connectivity index (χ0n) is 18.3. The lowest BCUT2D eigenvalue weighted by molar-refractivity contribution is 0.0487. The van der Waals surface area contributed by atoms with Gasteiger partial charge in [0.2, 0.25) is 0 Å². The largest absolute Gasteiger partial charge is 0.497 e. The lowest BCUT2D eigenvalue weighted by atomic mass is 10.1. The van der Waals surface area contributed by atoms with E-state index in [0.717, 1.165) is 57.3 Å². The highest BCUT2D eigenvalue weighted by atomic mass is 16.5. The summed E-state index contributed by atoms with van der Waals surface area (Å²) >= 11 is 0. The van der Waals surface area contributed by atoms with Crippen molar-refractivity contribution in [2.75, 3.05) is 71.7 Å². The second kappa shape index (κ2) is 14.1. The van der Waals surface area contributed by atoms with Gasteiger partial charge in [-0.25, -0.2) is 0 Å². The summed E-state index contributed by atoms with van der Waals surface area (Å²) in [4.78, 5) is 6.72. The number of benzene rings is 1. The maximum Gasteiger partial charge on any atom is 0.191 e. The molecule has 2 rings (SSSR count). The fourth-order valence-corrected chi connectivity index (χ4v) is 3.31. The SMILES string of the molecule is CCCCOCCOCCNC(=NC)NCC1CCN(c2cccc(OC)c2)C1.